The lowest BCUT2D eigenvalue weighted by molar-refractivity contribution is -0.117. The summed E-state index contributed by atoms with van der Waals surface area (Å²) in [6.07, 6.45) is 5.10. The van der Waals surface area contributed by atoms with E-state index in [1.165, 1.54) is 0 Å². The third kappa shape index (κ3) is 4.34. The second kappa shape index (κ2) is 8.29. The molecule has 1 saturated heterocycles. The van der Waals surface area contributed by atoms with E-state index in [4.69, 9.17) is 11.6 Å². The van der Waals surface area contributed by atoms with Crippen molar-refractivity contribution in [3.8, 4) is 0 Å². The Morgan fingerprint density at radius 2 is 2.18 bits per heavy atom. The van der Waals surface area contributed by atoms with E-state index in [2.05, 4.69) is 20.4 Å². The predicted octanol–water partition coefficient (Wildman–Crippen LogP) is 3.58. The van der Waals surface area contributed by atoms with Crippen molar-refractivity contribution in [2.24, 2.45) is 5.92 Å². The molecule has 1 N–H and O–H groups in total. The predicted molar refractivity (Wildman–Crippen MR) is 111 cm³/mol. The number of carbonyl (C=O) groups excluding carboxylic acids is 1. The van der Waals surface area contributed by atoms with Crippen molar-refractivity contribution in [3.05, 3.63) is 59.0 Å². The van der Waals surface area contributed by atoms with Gasteiger partial charge in [0.25, 0.3) is 0 Å². The summed E-state index contributed by atoms with van der Waals surface area (Å²) in [4.78, 5) is 14.7. The number of likely N-dealkylation sites (tertiary alicyclic amines) is 1. The van der Waals surface area contributed by atoms with Gasteiger partial charge >= 0.3 is 0 Å². The lowest BCUT2D eigenvalue weighted by atomic mass is 9.94. The highest BCUT2D eigenvalue weighted by Crippen LogP contribution is 2.23. The van der Waals surface area contributed by atoms with Crippen LogP contribution in [0.15, 0.2) is 42.6 Å². The van der Waals surface area contributed by atoms with Crippen LogP contribution in [-0.4, -0.2) is 45.0 Å². The summed E-state index contributed by atoms with van der Waals surface area (Å²) in [7, 11) is 0. The number of anilines is 1. The van der Waals surface area contributed by atoms with Gasteiger partial charge in [-0.25, -0.2) is 0 Å². The number of fused-ring (bicyclic) bond motifs is 1. The average Bonchev–Trinajstić information content (AvgIpc) is 3.07. The van der Waals surface area contributed by atoms with Gasteiger partial charge in [-0.05, 0) is 62.1 Å². The molecule has 3 heterocycles. The number of hydrogen-bond donors (Lipinski definition) is 1. The van der Waals surface area contributed by atoms with Crippen LogP contribution in [0.5, 0.6) is 0 Å². The number of piperidine rings is 1. The van der Waals surface area contributed by atoms with E-state index in [1.54, 1.807) is 0 Å². The maximum Gasteiger partial charge on any atom is 0.238 e. The molecule has 7 heteroatoms. The summed E-state index contributed by atoms with van der Waals surface area (Å²) < 4.78 is 2.05. The fraction of sp³-hybridized carbons (Fsp3) is 0.381. The Kier molecular flexibility index (Phi) is 5.59. The average molecular weight is 398 g/mol. The molecule has 0 radical (unpaired) electrons. The van der Waals surface area contributed by atoms with Gasteiger partial charge in [-0.2, -0.15) is 0 Å². The van der Waals surface area contributed by atoms with Gasteiger partial charge in [0.1, 0.15) is 5.82 Å². The number of aromatic nitrogens is 3. The molecule has 1 aromatic carbocycles. The van der Waals surface area contributed by atoms with Crippen molar-refractivity contribution >= 4 is 28.8 Å². The van der Waals surface area contributed by atoms with Gasteiger partial charge in [0.15, 0.2) is 5.65 Å². The Labute approximate surface area is 169 Å². The van der Waals surface area contributed by atoms with Crippen LogP contribution in [0.4, 0.5) is 5.69 Å². The van der Waals surface area contributed by atoms with E-state index in [9.17, 15) is 4.79 Å². The smallest absolute Gasteiger partial charge is 0.238 e. The summed E-state index contributed by atoms with van der Waals surface area (Å²) in [5, 5.41) is 12.1. The first kappa shape index (κ1) is 18.9. The van der Waals surface area contributed by atoms with Gasteiger partial charge in [-0.15, -0.1) is 10.2 Å². The molecule has 1 atom stereocenters. The lowest BCUT2D eigenvalue weighted by Crippen LogP contribution is -2.41. The monoisotopic (exact) mass is 397 g/mol. The van der Waals surface area contributed by atoms with E-state index in [0.717, 1.165) is 49.4 Å². The van der Waals surface area contributed by atoms with Crippen LogP contribution in [0.2, 0.25) is 5.02 Å². The first-order valence-corrected chi connectivity index (χ1v) is 10.0. The van der Waals surface area contributed by atoms with Crippen molar-refractivity contribution in [1.29, 1.82) is 0 Å². The molecule has 1 fully saturated rings. The number of amides is 1. The van der Waals surface area contributed by atoms with E-state index in [1.807, 2.05) is 53.9 Å². The maximum absolute atomic E-state index is 12.5. The molecule has 4 rings (SSSR count). The van der Waals surface area contributed by atoms with Crippen LogP contribution in [0, 0.1) is 12.8 Å². The second-order valence-corrected chi connectivity index (χ2v) is 7.93. The van der Waals surface area contributed by atoms with Gasteiger partial charge in [0, 0.05) is 19.2 Å². The summed E-state index contributed by atoms with van der Waals surface area (Å²) in [6.45, 7) is 4.17. The molecule has 0 bridgehead atoms. The Hall–Kier alpha value is -2.44. The molecule has 0 spiro atoms. The molecule has 6 nitrogen and oxygen atoms in total. The summed E-state index contributed by atoms with van der Waals surface area (Å²) in [5.41, 5.74) is 2.61. The van der Waals surface area contributed by atoms with E-state index in [-0.39, 0.29) is 5.91 Å². The van der Waals surface area contributed by atoms with Crippen LogP contribution in [0.1, 0.15) is 24.2 Å². The van der Waals surface area contributed by atoms with Crippen LogP contribution >= 0.6 is 11.6 Å². The normalized spacial score (nSPS) is 17.7. The first-order chi connectivity index (χ1) is 13.6. The summed E-state index contributed by atoms with van der Waals surface area (Å²) in [6, 6.07) is 11.6. The number of halogens is 1. The highest BCUT2D eigenvalue weighted by molar-refractivity contribution is 6.33. The molecule has 3 aromatic rings. The fourth-order valence-electron chi connectivity index (χ4n) is 3.86. The number of hydrogen-bond acceptors (Lipinski definition) is 4. The largest absolute Gasteiger partial charge is 0.324 e. The topological polar surface area (TPSA) is 62.5 Å². The maximum atomic E-state index is 12.5. The molecule has 1 aliphatic heterocycles. The zero-order valence-electron chi connectivity index (χ0n) is 15.9. The quantitative estimate of drug-likeness (QED) is 0.714. The van der Waals surface area contributed by atoms with Gasteiger partial charge < -0.3 is 5.32 Å². The van der Waals surface area contributed by atoms with Crippen molar-refractivity contribution in [2.45, 2.75) is 26.2 Å². The number of rotatable bonds is 5. The molecule has 0 aliphatic carbocycles. The Bertz CT molecular complexity index is 986. The molecule has 146 valence electrons. The molecule has 28 heavy (non-hydrogen) atoms. The number of benzene rings is 1. The number of nitrogens with one attached hydrogen (secondary N) is 1. The molecule has 1 amide bonds. The molecule has 2 aromatic heterocycles. The highest BCUT2D eigenvalue weighted by Gasteiger charge is 2.23. The van der Waals surface area contributed by atoms with Gasteiger partial charge in [0.2, 0.25) is 5.91 Å². The molecule has 1 aliphatic rings. The number of aryl methyl sites for hydroxylation is 1. The Morgan fingerprint density at radius 1 is 1.29 bits per heavy atom. The standard InChI is InChI=1S/C21H24ClN5O/c1-15-7-8-18(17(22)11-15)23-21(28)14-26-9-4-5-16(13-26)12-20-25-24-19-6-2-3-10-27(19)20/h2-3,6-8,10-11,16H,4-5,9,12-14H2,1H3,(H,23,28)/t16-/m0/s1. The van der Waals surface area contributed by atoms with Crippen LogP contribution in [-0.2, 0) is 11.2 Å². The number of carbonyl (C=O) groups is 1. The second-order valence-electron chi connectivity index (χ2n) is 7.52. The van der Waals surface area contributed by atoms with Crippen molar-refractivity contribution in [1.82, 2.24) is 19.5 Å². The minimum absolute atomic E-state index is 0.0284. The van der Waals surface area contributed by atoms with Crippen molar-refractivity contribution in [2.75, 3.05) is 25.0 Å². The Morgan fingerprint density at radius 3 is 3.04 bits per heavy atom. The van der Waals surface area contributed by atoms with E-state index < -0.39 is 0 Å². The minimum atomic E-state index is -0.0284. The van der Waals surface area contributed by atoms with Gasteiger partial charge in [-0.3, -0.25) is 14.1 Å². The van der Waals surface area contributed by atoms with Gasteiger partial charge in [0.05, 0.1) is 17.3 Å². The summed E-state index contributed by atoms with van der Waals surface area (Å²) >= 11 is 6.22. The first-order valence-electron chi connectivity index (χ1n) is 9.65. The zero-order valence-corrected chi connectivity index (χ0v) is 16.7. The molecular formula is C21H24ClN5O. The van der Waals surface area contributed by atoms with Crippen molar-refractivity contribution < 1.29 is 4.79 Å². The zero-order chi connectivity index (χ0) is 19.5. The third-order valence-corrected chi connectivity index (χ3v) is 5.54. The highest BCUT2D eigenvalue weighted by atomic mass is 35.5. The third-order valence-electron chi connectivity index (χ3n) is 5.22. The molecule has 0 unspecified atom stereocenters. The van der Waals surface area contributed by atoms with Crippen LogP contribution < -0.4 is 5.32 Å². The fourth-order valence-corrected chi connectivity index (χ4v) is 4.15. The van der Waals surface area contributed by atoms with Crippen LogP contribution in [0.25, 0.3) is 5.65 Å². The minimum Gasteiger partial charge on any atom is -0.324 e. The Balaban J connectivity index is 1.35. The lowest BCUT2D eigenvalue weighted by Gasteiger charge is -2.31. The van der Waals surface area contributed by atoms with Gasteiger partial charge in [-0.1, -0.05) is 23.7 Å². The number of nitrogens with zero attached hydrogens (tertiary/aromatic N) is 4. The SMILES string of the molecule is Cc1ccc(NC(=O)CN2CCC[C@@H](Cc3nnc4ccccn34)C2)c(Cl)c1. The number of pyridine rings is 1. The molecule has 0 saturated carbocycles. The summed E-state index contributed by atoms with van der Waals surface area (Å²) in [5.74, 6) is 1.43. The van der Waals surface area contributed by atoms with Crippen LogP contribution in [0.3, 0.4) is 0 Å². The molecular weight excluding hydrogens is 374 g/mol. The van der Waals surface area contributed by atoms with E-state index >= 15 is 0 Å². The van der Waals surface area contributed by atoms with E-state index in [0.29, 0.717) is 23.2 Å². The van der Waals surface area contributed by atoms with Crippen molar-refractivity contribution in [3.63, 3.8) is 0 Å².